The number of nitrogens with zero attached hydrogens (tertiary/aromatic N) is 2. The molecule has 0 bridgehead atoms. The third-order valence-electron chi connectivity index (χ3n) is 3.45. The lowest BCUT2D eigenvalue weighted by Gasteiger charge is -2.16. The van der Waals surface area contributed by atoms with Gasteiger partial charge in [-0.1, -0.05) is 20.8 Å². The van der Waals surface area contributed by atoms with E-state index in [0.29, 0.717) is 19.0 Å². The van der Waals surface area contributed by atoms with Crippen LogP contribution < -0.4 is 5.32 Å². The molecule has 0 fully saturated rings. The Morgan fingerprint density at radius 2 is 2.00 bits per heavy atom. The summed E-state index contributed by atoms with van der Waals surface area (Å²) in [7, 11) is 1.99. The molecule has 1 unspecified atom stereocenters. The van der Waals surface area contributed by atoms with Crippen molar-refractivity contribution in [2.45, 2.75) is 59.0 Å². The Balaban J connectivity index is 3.15. The van der Waals surface area contributed by atoms with Gasteiger partial charge in [-0.05, 0) is 32.7 Å². The minimum Gasteiger partial charge on any atom is -0.313 e. The maximum absolute atomic E-state index is 12.3. The second kappa shape index (κ2) is 7.52. The van der Waals surface area contributed by atoms with Gasteiger partial charge in [0.15, 0.2) is 0 Å². The monoisotopic (exact) mass is 255 g/mol. The van der Waals surface area contributed by atoms with Crippen LogP contribution >= 0.6 is 0 Å². The molecule has 1 aromatic heterocycles. The molecular formula is C14H26FN3. The van der Waals surface area contributed by atoms with Crippen molar-refractivity contribution < 1.29 is 4.39 Å². The first kappa shape index (κ1) is 15.2. The molecule has 18 heavy (non-hydrogen) atoms. The van der Waals surface area contributed by atoms with Crippen molar-refractivity contribution >= 4 is 0 Å². The number of aryl methyl sites for hydroxylation is 2. The molecule has 0 radical (unpaired) electrons. The molecule has 0 amide bonds. The van der Waals surface area contributed by atoms with Gasteiger partial charge < -0.3 is 5.32 Å². The Bertz CT molecular complexity index is 356. The van der Waals surface area contributed by atoms with E-state index in [0.717, 1.165) is 25.0 Å². The van der Waals surface area contributed by atoms with E-state index in [9.17, 15) is 4.39 Å². The van der Waals surface area contributed by atoms with Gasteiger partial charge >= 0.3 is 0 Å². The Hall–Kier alpha value is -0.900. The van der Waals surface area contributed by atoms with E-state index < -0.39 is 0 Å². The lowest BCUT2D eigenvalue weighted by Crippen LogP contribution is -2.18. The topological polar surface area (TPSA) is 29.9 Å². The van der Waals surface area contributed by atoms with Gasteiger partial charge in [0.25, 0.3) is 0 Å². The molecule has 0 saturated carbocycles. The largest absolute Gasteiger partial charge is 0.313 e. The fraction of sp³-hybridized carbons (Fsp3) is 0.786. The average Bonchev–Trinajstić information content (AvgIpc) is 2.75. The van der Waals surface area contributed by atoms with Crippen LogP contribution in [0.2, 0.25) is 0 Å². The Morgan fingerprint density at radius 1 is 1.28 bits per heavy atom. The minimum atomic E-state index is -0.275. The van der Waals surface area contributed by atoms with E-state index in [1.54, 1.807) is 0 Å². The smallest absolute Gasteiger partial charge is 0.0912 e. The van der Waals surface area contributed by atoms with E-state index in [2.05, 4.69) is 31.2 Å². The molecule has 0 aromatic carbocycles. The lowest BCUT2D eigenvalue weighted by molar-refractivity contribution is 0.428. The van der Waals surface area contributed by atoms with Gasteiger partial charge in [0.1, 0.15) is 0 Å². The van der Waals surface area contributed by atoms with Crippen LogP contribution in [0.3, 0.4) is 0 Å². The molecule has 104 valence electrons. The van der Waals surface area contributed by atoms with Crippen LogP contribution in [0.25, 0.3) is 0 Å². The lowest BCUT2D eigenvalue weighted by atomic mass is 9.99. The summed E-state index contributed by atoms with van der Waals surface area (Å²) in [6, 6.07) is 0.356. The number of halogens is 1. The molecule has 0 aliphatic rings. The summed E-state index contributed by atoms with van der Waals surface area (Å²) in [6.07, 6.45) is 3.48. The first-order valence-electron chi connectivity index (χ1n) is 7.04. The molecule has 0 aliphatic carbocycles. The standard InChI is InChI=1S/C14H26FN3/c1-5-11(16-4)14-12(6-2)17-18(10-8-9-15)13(14)7-3/h11,16H,5-10H2,1-4H3. The van der Waals surface area contributed by atoms with E-state index in [-0.39, 0.29) is 6.67 Å². The van der Waals surface area contributed by atoms with Gasteiger partial charge in [0.05, 0.1) is 12.4 Å². The van der Waals surface area contributed by atoms with E-state index in [4.69, 9.17) is 0 Å². The van der Waals surface area contributed by atoms with E-state index >= 15 is 0 Å². The van der Waals surface area contributed by atoms with Crippen LogP contribution in [0.15, 0.2) is 0 Å². The van der Waals surface area contributed by atoms with Crippen molar-refractivity contribution in [2.24, 2.45) is 0 Å². The highest BCUT2D eigenvalue weighted by atomic mass is 19.1. The maximum Gasteiger partial charge on any atom is 0.0912 e. The van der Waals surface area contributed by atoms with Crippen molar-refractivity contribution in [3.05, 3.63) is 17.0 Å². The Morgan fingerprint density at radius 3 is 2.44 bits per heavy atom. The molecule has 0 spiro atoms. The fourth-order valence-corrected chi connectivity index (χ4v) is 2.55. The first-order valence-corrected chi connectivity index (χ1v) is 7.04. The summed E-state index contributed by atoms with van der Waals surface area (Å²) in [4.78, 5) is 0. The maximum atomic E-state index is 12.3. The van der Waals surface area contributed by atoms with Crippen LogP contribution in [-0.4, -0.2) is 23.5 Å². The molecule has 0 saturated heterocycles. The molecule has 1 aromatic rings. The summed E-state index contributed by atoms with van der Waals surface area (Å²) in [5, 5.41) is 8.02. The van der Waals surface area contributed by atoms with Gasteiger partial charge in [-0.2, -0.15) is 5.10 Å². The zero-order valence-corrected chi connectivity index (χ0v) is 12.1. The predicted molar refractivity (Wildman–Crippen MR) is 73.7 cm³/mol. The van der Waals surface area contributed by atoms with Crippen LogP contribution in [0.1, 0.15) is 56.6 Å². The van der Waals surface area contributed by atoms with E-state index in [1.807, 2.05) is 11.7 Å². The quantitative estimate of drug-likeness (QED) is 0.774. The summed E-state index contributed by atoms with van der Waals surface area (Å²) in [5.41, 5.74) is 3.76. The number of hydrogen-bond acceptors (Lipinski definition) is 2. The molecular weight excluding hydrogens is 229 g/mol. The highest BCUT2D eigenvalue weighted by Crippen LogP contribution is 2.26. The normalized spacial score (nSPS) is 12.9. The highest BCUT2D eigenvalue weighted by Gasteiger charge is 2.21. The molecule has 1 heterocycles. The first-order chi connectivity index (χ1) is 8.73. The molecule has 0 aliphatic heterocycles. The predicted octanol–water partition coefficient (Wildman–Crippen LogP) is 3.04. The van der Waals surface area contributed by atoms with Crippen molar-refractivity contribution in [3.63, 3.8) is 0 Å². The van der Waals surface area contributed by atoms with Gasteiger partial charge in [-0.25, -0.2) is 0 Å². The fourth-order valence-electron chi connectivity index (χ4n) is 2.55. The molecule has 1 N–H and O–H groups in total. The number of aromatic nitrogens is 2. The van der Waals surface area contributed by atoms with Crippen LogP contribution in [0, 0.1) is 0 Å². The minimum absolute atomic E-state index is 0.275. The van der Waals surface area contributed by atoms with Crippen molar-refractivity contribution in [2.75, 3.05) is 13.7 Å². The molecule has 3 nitrogen and oxygen atoms in total. The average molecular weight is 255 g/mol. The van der Waals surface area contributed by atoms with Gasteiger partial charge in [-0.3, -0.25) is 9.07 Å². The third kappa shape index (κ3) is 3.10. The Labute approximate surface area is 110 Å². The van der Waals surface area contributed by atoms with Crippen molar-refractivity contribution in [3.8, 4) is 0 Å². The van der Waals surface area contributed by atoms with E-state index in [1.165, 1.54) is 11.3 Å². The molecule has 1 rings (SSSR count). The van der Waals surface area contributed by atoms with Crippen LogP contribution in [0.4, 0.5) is 4.39 Å². The zero-order valence-electron chi connectivity index (χ0n) is 12.1. The van der Waals surface area contributed by atoms with Crippen LogP contribution in [0.5, 0.6) is 0 Å². The van der Waals surface area contributed by atoms with Gasteiger partial charge in [0.2, 0.25) is 0 Å². The molecule has 4 heteroatoms. The van der Waals surface area contributed by atoms with Gasteiger partial charge in [0, 0.05) is 23.8 Å². The number of rotatable bonds is 8. The number of hydrogen-bond donors (Lipinski definition) is 1. The summed E-state index contributed by atoms with van der Waals surface area (Å²) in [6.45, 7) is 6.87. The van der Waals surface area contributed by atoms with Crippen molar-refractivity contribution in [1.29, 1.82) is 0 Å². The molecule has 1 atom stereocenters. The summed E-state index contributed by atoms with van der Waals surface area (Å²) >= 11 is 0. The summed E-state index contributed by atoms with van der Waals surface area (Å²) in [5.74, 6) is 0. The second-order valence-electron chi connectivity index (χ2n) is 4.53. The van der Waals surface area contributed by atoms with Crippen molar-refractivity contribution in [1.82, 2.24) is 15.1 Å². The SMILES string of the molecule is CCc1nn(CCCF)c(CC)c1C(CC)NC. The zero-order chi connectivity index (χ0) is 13.5. The van der Waals surface area contributed by atoms with Crippen LogP contribution in [-0.2, 0) is 19.4 Å². The number of nitrogens with one attached hydrogen (secondary N) is 1. The second-order valence-corrected chi connectivity index (χ2v) is 4.53. The van der Waals surface area contributed by atoms with Gasteiger partial charge in [-0.15, -0.1) is 0 Å². The number of alkyl halides is 1. The third-order valence-corrected chi connectivity index (χ3v) is 3.45. The highest BCUT2D eigenvalue weighted by molar-refractivity contribution is 5.30. The Kier molecular flexibility index (Phi) is 6.33. The summed E-state index contributed by atoms with van der Waals surface area (Å²) < 4.78 is 14.3.